The number of carbonyl (C=O) groups is 1. The molecule has 0 aliphatic heterocycles. The Bertz CT molecular complexity index is 388. The number of hydrogen-bond acceptors (Lipinski definition) is 3. The molecule has 1 saturated carbocycles. The average molecular weight is 233 g/mol. The van der Waals surface area contributed by atoms with Crippen molar-refractivity contribution in [2.24, 2.45) is 5.92 Å². The van der Waals surface area contributed by atoms with E-state index in [-0.39, 0.29) is 5.91 Å². The normalized spacial score (nSPS) is 14.4. The molecule has 17 heavy (non-hydrogen) atoms. The Morgan fingerprint density at radius 1 is 1.53 bits per heavy atom. The molecule has 1 aromatic heterocycles. The van der Waals surface area contributed by atoms with Crippen LogP contribution < -0.4 is 10.6 Å². The van der Waals surface area contributed by atoms with E-state index in [1.807, 2.05) is 6.07 Å². The molecule has 1 aliphatic carbocycles. The highest BCUT2D eigenvalue weighted by Gasteiger charge is 2.19. The summed E-state index contributed by atoms with van der Waals surface area (Å²) in [5.74, 6) is 0.835. The van der Waals surface area contributed by atoms with Gasteiger partial charge in [0.1, 0.15) is 5.69 Å². The third-order valence-corrected chi connectivity index (χ3v) is 3.03. The van der Waals surface area contributed by atoms with E-state index < -0.39 is 0 Å². The monoisotopic (exact) mass is 233 g/mol. The lowest BCUT2D eigenvalue weighted by molar-refractivity contribution is 0.0958. The van der Waals surface area contributed by atoms with Crippen molar-refractivity contribution in [1.82, 2.24) is 10.3 Å². The minimum Gasteiger partial charge on any atom is -0.385 e. The zero-order valence-electron chi connectivity index (χ0n) is 10.2. The molecule has 1 heterocycles. The molecule has 0 unspecified atom stereocenters. The summed E-state index contributed by atoms with van der Waals surface area (Å²) in [5.41, 5.74) is 1.43. The van der Waals surface area contributed by atoms with Gasteiger partial charge in [-0.25, -0.2) is 0 Å². The van der Waals surface area contributed by atoms with Crippen LogP contribution in [0.15, 0.2) is 18.3 Å². The van der Waals surface area contributed by atoms with Crippen LogP contribution in [-0.4, -0.2) is 24.5 Å². The first kappa shape index (κ1) is 11.9. The van der Waals surface area contributed by atoms with Gasteiger partial charge in [-0.05, 0) is 30.9 Å². The van der Waals surface area contributed by atoms with Crippen LogP contribution in [0.3, 0.4) is 0 Å². The van der Waals surface area contributed by atoms with Gasteiger partial charge in [0.15, 0.2) is 0 Å². The van der Waals surface area contributed by atoms with Crippen LogP contribution in [0.1, 0.15) is 36.2 Å². The molecule has 0 aromatic carbocycles. The quantitative estimate of drug-likeness (QED) is 0.739. The molecule has 2 rings (SSSR count). The zero-order valence-corrected chi connectivity index (χ0v) is 10.2. The maximum atomic E-state index is 11.4. The molecule has 0 bridgehead atoms. The van der Waals surface area contributed by atoms with E-state index in [9.17, 15) is 4.79 Å². The van der Waals surface area contributed by atoms with Gasteiger partial charge in [0, 0.05) is 25.5 Å². The number of amides is 1. The van der Waals surface area contributed by atoms with Gasteiger partial charge in [-0.2, -0.15) is 0 Å². The second kappa shape index (κ2) is 5.66. The fourth-order valence-corrected chi connectivity index (χ4v) is 1.82. The van der Waals surface area contributed by atoms with E-state index in [4.69, 9.17) is 0 Å². The van der Waals surface area contributed by atoms with E-state index in [0.717, 1.165) is 18.2 Å². The summed E-state index contributed by atoms with van der Waals surface area (Å²) < 4.78 is 0. The lowest BCUT2D eigenvalue weighted by Gasteiger charge is -2.07. The maximum absolute atomic E-state index is 11.4. The van der Waals surface area contributed by atoms with Crippen molar-refractivity contribution >= 4 is 11.6 Å². The van der Waals surface area contributed by atoms with Gasteiger partial charge in [0.05, 0.1) is 0 Å². The summed E-state index contributed by atoms with van der Waals surface area (Å²) in [6.45, 7) is 0.966. The van der Waals surface area contributed by atoms with Crippen molar-refractivity contribution in [2.75, 3.05) is 18.9 Å². The number of aromatic nitrogens is 1. The molecule has 4 heteroatoms. The first-order chi connectivity index (χ1) is 8.29. The second-order valence-corrected chi connectivity index (χ2v) is 4.52. The first-order valence-electron chi connectivity index (χ1n) is 6.21. The molecule has 4 nitrogen and oxygen atoms in total. The first-order valence-corrected chi connectivity index (χ1v) is 6.21. The maximum Gasteiger partial charge on any atom is 0.269 e. The number of nitrogens with zero attached hydrogens (tertiary/aromatic N) is 1. The molecule has 1 fully saturated rings. The average Bonchev–Trinajstić information content (AvgIpc) is 3.18. The van der Waals surface area contributed by atoms with E-state index in [0.29, 0.717) is 5.69 Å². The van der Waals surface area contributed by atoms with Crippen LogP contribution in [0.25, 0.3) is 0 Å². The van der Waals surface area contributed by atoms with Gasteiger partial charge in [-0.1, -0.05) is 12.8 Å². The van der Waals surface area contributed by atoms with Crippen molar-refractivity contribution < 1.29 is 4.79 Å². The van der Waals surface area contributed by atoms with Gasteiger partial charge in [0.25, 0.3) is 5.91 Å². The summed E-state index contributed by atoms with van der Waals surface area (Å²) in [5, 5.41) is 5.90. The molecule has 0 atom stereocenters. The van der Waals surface area contributed by atoms with Crippen molar-refractivity contribution in [3.8, 4) is 0 Å². The Hall–Kier alpha value is -1.58. The van der Waals surface area contributed by atoms with Crippen molar-refractivity contribution in [2.45, 2.75) is 25.7 Å². The third kappa shape index (κ3) is 3.73. The number of rotatable bonds is 6. The Balaban J connectivity index is 1.80. The molecule has 0 saturated heterocycles. The van der Waals surface area contributed by atoms with Gasteiger partial charge >= 0.3 is 0 Å². The molecule has 1 aliphatic rings. The van der Waals surface area contributed by atoms with Crippen molar-refractivity contribution in [1.29, 1.82) is 0 Å². The smallest absolute Gasteiger partial charge is 0.269 e. The number of hydrogen-bond donors (Lipinski definition) is 2. The standard InChI is InChI=1S/C13H19N3O/c1-14-13(17)12-9-11(6-8-16-12)15-7-2-3-10-4-5-10/h6,8-10H,2-5,7H2,1H3,(H,14,17)(H,15,16). The number of nitrogens with one attached hydrogen (secondary N) is 2. The largest absolute Gasteiger partial charge is 0.385 e. The summed E-state index contributed by atoms with van der Waals surface area (Å²) in [6, 6.07) is 3.68. The number of pyridine rings is 1. The van der Waals surface area contributed by atoms with E-state index in [1.54, 1.807) is 19.3 Å². The Morgan fingerprint density at radius 3 is 3.06 bits per heavy atom. The molecule has 0 spiro atoms. The zero-order chi connectivity index (χ0) is 12.1. The highest BCUT2D eigenvalue weighted by Crippen LogP contribution is 2.33. The summed E-state index contributed by atoms with van der Waals surface area (Å²) in [6.07, 6.45) is 7.00. The van der Waals surface area contributed by atoms with Crippen LogP contribution in [0.4, 0.5) is 5.69 Å². The van der Waals surface area contributed by atoms with Crippen LogP contribution >= 0.6 is 0 Å². The van der Waals surface area contributed by atoms with Crippen molar-refractivity contribution in [3.05, 3.63) is 24.0 Å². The minimum atomic E-state index is -0.147. The lowest BCUT2D eigenvalue weighted by Crippen LogP contribution is -2.19. The third-order valence-electron chi connectivity index (χ3n) is 3.03. The number of carbonyl (C=O) groups excluding carboxylic acids is 1. The predicted octanol–water partition coefficient (Wildman–Crippen LogP) is 2.04. The van der Waals surface area contributed by atoms with E-state index >= 15 is 0 Å². The Labute approximate surface area is 102 Å². The predicted molar refractivity (Wildman–Crippen MR) is 68.1 cm³/mol. The highest BCUT2D eigenvalue weighted by atomic mass is 16.1. The van der Waals surface area contributed by atoms with E-state index in [2.05, 4.69) is 15.6 Å². The van der Waals surface area contributed by atoms with Crippen LogP contribution in [0, 0.1) is 5.92 Å². The Kier molecular flexibility index (Phi) is 3.96. The van der Waals surface area contributed by atoms with Crippen LogP contribution in [0.2, 0.25) is 0 Å². The van der Waals surface area contributed by atoms with Gasteiger partial charge in [-0.3, -0.25) is 9.78 Å². The minimum absolute atomic E-state index is 0.147. The summed E-state index contributed by atoms with van der Waals surface area (Å²) in [7, 11) is 1.61. The molecule has 1 amide bonds. The SMILES string of the molecule is CNC(=O)c1cc(NCCCC2CC2)ccn1. The molecular formula is C13H19N3O. The van der Waals surface area contributed by atoms with Crippen molar-refractivity contribution in [3.63, 3.8) is 0 Å². The van der Waals surface area contributed by atoms with Gasteiger partial charge in [0.2, 0.25) is 0 Å². The summed E-state index contributed by atoms with van der Waals surface area (Å²) in [4.78, 5) is 15.4. The van der Waals surface area contributed by atoms with E-state index in [1.165, 1.54) is 25.7 Å². The molecule has 2 N–H and O–H groups in total. The second-order valence-electron chi connectivity index (χ2n) is 4.52. The topological polar surface area (TPSA) is 54.0 Å². The fraction of sp³-hybridized carbons (Fsp3) is 0.538. The summed E-state index contributed by atoms with van der Waals surface area (Å²) >= 11 is 0. The molecular weight excluding hydrogens is 214 g/mol. The Morgan fingerprint density at radius 2 is 2.35 bits per heavy atom. The van der Waals surface area contributed by atoms with Gasteiger partial charge < -0.3 is 10.6 Å². The fourth-order valence-electron chi connectivity index (χ4n) is 1.82. The van der Waals surface area contributed by atoms with Crippen LogP contribution in [-0.2, 0) is 0 Å². The lowest BCUT2D eigenvalue weighted by atomic mass is 10.2. The van der Waals surface area contributed by atoms with Gasteiger partial charge in [-0.15, -0.1) is 0 Å². The van der Waals surface area contributed by atoms with Crippen LogP contribution in [0.5, 0.6) is 0 Å². The molecule has 92 valence electrons. The number of anilines is 1. The molecule has 0 radical (unpaired) electrons. The molecule has 1 aromatic rings. The highest BCUT2D eigenvalue weighted by molar-refractivity contribution is 5.92.